The van der Waals surface area contributed by atoms with Crippen LogP contribution in [-0.2, 0) is 11.0 Å². The lowest BCUT2D eigenvalue weighted by molar-refractivity contribution is -0.137. The molecule has 1 saturated heterocycles. The topological polar surface area (TPSA) is 67.9 Å². The van der Waals surface area contributed by atoms with Crippen molar-refractivity contribution < 1.29 is 32.2 Å². The molecule has 9 heteroatoms. The molecule has 0 aromatic heterocycles. The van der Waals surface area contributed by atoms with Crippen LogP contribution in [0.25, 0.3) is 0 Å². The predicted molar refractivity (Wildman–Crippen MR) is 97.1 cm³/mol. The molecular formula is C20H17F3N2O4. The fourth-order valence-corrected chi connectivity index (χ4v) is 3.36. The first-order chi connectivity index (χ1) is 13.8. The summed E-state index contributed by atoms with van der Waals surface area (Å²) in [5, 5.41) is 2.64. The number of ether oxygens (including phenoxy) is 2. The van der Waals surface area contributed by atoms with E-state index in [9.17, 15) is 22.8 Å². The quantitative estimate of drug-likeness (QED) is 0.851. The number of fused-ring (bicyclic) bond motifs is 1. The van der Waals surface area contributed by atoms with E-state index in [0.29, 0.717) is 30.4 Å². The second-order valence-corrected chi connectivity index (χ2v) is 6.79. The zero-order valence-corrected chi connectivity index (χ0v) is 15.2. The molecule has 1 fully saturated rings. The van der Waals surface area contributed by atoms with Gasteiger partial charge < -0.3 is 19.7 Å². The Morgan fingerprint density at radius 1 is 1.07 bits per heavy atom. The molecule has 2 aliphatic heterocycles. The van der Waals surface area contributed by atoms with Crippen LogP contribution in [0.1, 0.15) is 22.3 Å². The molecule has 0 unspecified atom stereocenters. The molecule has 0 aliphatic carbocycles. The van der Waals surface area contributed by atoms with Crippen molar-refractivity contribution in [2.24, 2.45) is 0 Å². The number of carbonyl (C=O) groups is 2. The highest BCUT2D eigenvalue weighted by atomic mass is 19.4. The van der Waals surface area contributed by atoms with E-state index < -0.39 is 23.7 Å². The molecule has 0 radical (unpaired) electrons. The third-order valence-electron chi connectivity index (χ3n) is 4.75. The van der Waals surface area contributed by atoms with Crippen molar-refractivity contribution in [2.75, 3.05) is 24.7 Å². The summed E-state index contributed by atoms with van der Waals surface area (Å²) in [6.07, 6.45) is -4.48. The fourth-order valence-electron chi connectivity index (χ4n) is 3.36. The molecule has 2 aliphatic rings. The molecule has 152 valence electrons. The molecule has 1 atom stereocenters. The smallest absolute Gasteiger partial charge is 0.416 e. The normalized spacial score (nSPS) is 18.7. The number of nitrogens with one attached hydrogen (secondary N) is 1. The van der Waals surface area contributed by atoms with Gasteiger partial charge in [-0.2, -0.15) is 13.2 Å². The first kappa shape index (κ1) is 19.1. The van der Waals surface area contributed by atoms with Crippen LogP contribution in [0.2, 0.25) is 0 Å². The molecule has 0 bridgehead atoms. The van der Waals surface area contributed by atoms with Gasteiger partial charge in [-0.3, -0.25) is 9.59 Å². The molecule has 2 heterocycles. The first-order valence-electron chi connectivity index (χ1n) is 8.99. The Morgan fingerprint density at radius 2 is 1.83 bits per heavy atom. The van der Waals surface area contributed by atoms with E-state index in [4.69, 9.17) is 9.47 Å². The van der Waals surface area contributed by atoms with Gasteiger partial charge in [0.25, 0.3) is 5.91 Å². The van der Waals surface area contributed by atoms with Gasteiger partial charge in [-0.15, -0.1) is 0 Å². The zero-order chi connectivity index (χ0) is 20.6. The molecule has 0 saturated carbocycles. The number of benzene rings is 2. The maximum Gasteiger partial charge on any atom is 0.416 e. The number of rotatable bonds is 3. The minimum atomic E-state index is -4.53. The summed E-state index contributed by atoms with van der Waals surface area (Å²) in [6, 6.07) is 8.80. The number of nitrogens with zero attached hydrogens (tertiary/aromatic N) is 1. The van der Waals surface area contributed by atoms with Crippen LogP contribution >= 0.6 is 0 Å². The molecular weight excluding hydrogens is 389 g/mol. The highest BCUT2D eigenvalue weighted by Gasteiger charge is 2.34. The third kappa shape index (κ3) is 3.98. The van der Waals surface area contributed by atoms with Crippen LogP contribution in [0, 0.1) is 0 Å². The van der Waals surface area contributed by atoms with E-state index in [-0.39, 0.29) is 24.4 Å². The summed E-state index contributed by atoms with van der Waals surface area (Å²) in [5.41, 5.74) is -0.398. The van der Waals surface area contributed by atoms with E-state index in [1.165, 1.54) is 17.0 Å². The summed E-state index contributed by atoms with van der Waals surface area (Å²) in [5.74, 6) is 0.285. The van der Waals surface area contributed by atoms with Gasteiger partial charge in [-0.25, -0.2) is 0 Å². The highest BCUT2D eigenvalue weighted by Crippen LogP contribution is 2.35. The molecule has 2 aromatic rings. The molecule has 6 nitrogen and oxygen atoms in total. The Labute approximate surface area is 164 Å². The summed E-state index contributed by atoms with van der Waals surface area (Å²) in [7, 11) is 0. The standard InChI is InChI=1S/C20H17F3N2O4/c21-20(22,23)13-3-1-2-12(8-13)19(27)24-14-9-18(26)25(11-14)15-4-5-16-17(10-15)29-7-6-28-16/h1-5,8,10,14H,6-7,9,11H2,(H,24,27)/t14-/m0/s1. The van der Waals surface area contributed by atoms with Gasteiger partial charge in [0.15, 0.2) is 11.5 Å². The number of alkyl halides is 3. The van der Waals surface area contributed by atoms with Crippen molar-refractivity contribution in [3.63, 3.8) is 0 Å². The van der Waals surface area contributed by atoms with Crippen LogP contribution in [0.15, 0.2) is 42.5 Å². The largest absolute Gasteiger partial charge is 0.486 e. The summed E-state index contributed by atoms with van der Waals surface area (Å²) < 4.78 is 49.5. The maximum atomic E-state index is 12.8. The van der Waals surface area contributed by atoms with Gasteiger partial charge in [-0.05, 0) is 30.3 Å². The van der Waals surface area contributed by atoms with Crippen LogP contribution in [0.5, 0.6) is 11.5 Å². The Hall–Kier alpha value is -3.23. The van der Waals surface area contributed by atoms with Crippen molar-refractivity contribution >= 4 is 17.5 Å². The van der Waals surface area contributed by atoms with Crippen LogP contribution in [0.3, 0.4) is 0 Å². The van der Waals surface area contributed by atoms with Gasteiger partial charge in [0, 0.05) is 30.3 Å². The first-order valence-corrected chi connectivity index (χ1v) is 8.99. The van der Waals surface area contributed by atoms with Crippen molar-refractivity contribution in [3.8, 4) is 11.5 Å². The molecule has 2 aromatic carbocycles. The number of halogens is 3. The average molecular weight is 406 g/mol. The third-order valence-corrected chi connectivity index (χ3v) is 4.75. The van der Waals surface area contributed by atoms with Gasteiger partial charge in [0.1, 0.15) is 13.2 Å². The molecule has 0 spiro atoms. The van der Waals surface area contributed by atoms with E-state index in [0.717, 1.165) is 12.1 Å². The van der Waals surface area contributed by atoms with E-state index in [1.807, 2.05) is 0 Å². The monoisotopic (exact) mass is 406 g/mol. The minimum Gasteiger partial charge on any atom is -0.486 e. The second kappa shape index (κ2) is 7.31. The van der Waals surface area contributed by atoms with Crippen LogP contribution in [-0.4, -0.2) is 37.6 Å². The van der Waals surface area contributed by atoms with Gasteiger partial charge in [-0.1, -0.05) is 6.07 Å². The number of hydrogen-bond donors (Lipinski definition) is 1. The highest BCUT2D eigenvalue weighted by molar-refractivity contribution is 5.99. The number of amides is 2. The van der Waals surface area contributed by atoms with Crippen LogP contribution in [0.4, 0.5) is 18.9 Å². The van der Waals surface area contributed by atoms with Gasteiger partial charge >= 0.3 is 6.18 Å². The lowest BCUT2D eigenvalue weighted by Crippen LogP contribution is -2.37. The average Bonchev–Trinajstić information content (AvgIpc) is 3.07. The maximum absolute atomic E-state index is 12.8. The van der Waals surface area contributed by atoms with Gasteiger partial charge in [0.05, 0.1) is 11.6 Å². The van der Waals surface area contributed by atoms with E-state index >= 15 is 0 Å². The second-order valence-electron chi connectivity index (χ2n) is 6.79. The lowest BCUT2D eigenvalue weighted by atomic mass is 10.1. The minimum absolute atomic E-state index is 0.0547. The predicted octanol–water partition coefficient (Wildman–Crippen LogP) is 3.01. The number of carbonyl (C=O) groups excluding carboxylic acids is 2. The summed E-state index contributed by atoms with van der Waals surface area (Å²) in [4.78, 5) is 26.3. The molecule has 1 N–H and O–H groups in total. The molecule has 29 heavy (non-hydrogen) atoms. The SMILES string of the molecule is O=C(N[C@H]1CC(=O)N(c2ccc3c(c2)OCCO3)C1)c1cccc(C(F)(F)F)c1. The summed E-state index contributed by atoms with van der Waals surface area (Å²) >= 11 is 0. The number of anilines is 1. The summed E-state index contributed by atoms with van der Waals surface area (Å²) in [6.45, 7) is 1.09. The Balaban J connectivity index is 1.45. The number of hydrogen-bond acceptors (Lipinski definition) is 4. The van der Waals surface area contributed by atoms with Crippen molar-refractivity contribution in [1.29, 1.82) is 0 Å². The van der Waals surface area contributed by atoms with Crippen molar-refractivity contribution in [1.82, 2.24) is 5.32 Å². The Morgan fingerprint density at radius 3 is 2.59 bits per heavy atom. The Kier molecular flexibility index (Phi) is 4.81. The van der Waals surface area contributed by atoms with Crippen molar-refractivity contribution in [2.45, 2.75) is 18.6 Å². The Bertz CT molecular complexity index is 961. The van der Waals surface area contributed by atoms with Gasteiger partial charge in [0.2, 0.25) is 5.91 Å². The van der Waals surface area contributed by atoms with Crippen molar-refractivity contribution in [3.05, 3.63) is 53.6 Å². The zero-order valence-electron chi connectivity index (χ0n) is 15.2. The molecule has 4 rings (SSSR count). The molecule has 2 amide bonds. The fraction of sp³-hybridized carbons (Fsp3) is 0.300. The van der Waals surface area contributed by atoms with E-state index in [2.05, 4.69) is 5.32 Å². The van der Waals surface area contributed by atoms with Crippen LogP contribution < -0.4 is 19.7 Å². The lowest BCUT2D eigenvalue weighted by Gasteiger charge is -2.22. The van der Waals surface area contributed by atoms with E-state index in [1.54, 1.807) is 18.2 Å².